The van der Waals surface area contributed by atoms with Gasteiger partial charge in [0.25, 0.3) is 0 Å². The summed E-state index contributed by atoms with van der Waals surface area (Å²) in [4.78, 5) is 10.6. The van der Waals surface area contributed by atoms with Crippen LogP contribution >= 0.6 is 0 Å². The molecule has 68 valence electrons. The Morgan fingerprint density at radius 3 is 2.85 bits per heavy atom. The summed E-state index contributed by atoms with van der Waals surface area (Å²) >= 11 is 0. The molecule has 0 heterocycles. The van der Waals surface area contributed by atoms with Crippen molar-refractivity contribution in [3.8, 4) is 0 Å². The first-order chi connectivity index (χ1) is 6.15. The van der Waals surface area contributed by atoms with Crippen molar-refractivity contribution >= 4 is 5.97 Å². The van der Waals surface area contributed by atoms with E-state index in [-0.39, 0.29) is 11.6 Å². The number of aromatic carboxylic acids is 1. The highest BCUT2D eigenvalue weighted by Gasteiger charge is 2.05. The molecule has 0 fully saturated rings. The Balaban J connectivity index is 3.04. The Morgan fingerprint density at radius 2 is 2.31 bits per heavy atom. The molecule has 0 aliphatic heterocycles. The van der Waals surface area contributed by atoms with Gasteiger partial charge in [-0.05, 0) is 17.7 Å². The van der Waals surface area contributed by atoms with Crippen LogP contribution < -0.4 is 5.73 Å². The molecule has 1 aromatic carbocycles. The summed E-state index contributed by atoms with van der Waals surface area (Å²) in [5, 5.41) is 8.70. The zero-order chi connectivity index (χ0) is 9.84. The zero-order valence-corrected chi connectivity index (χ0v) is 7.10. The molecule has 0 aliphatic rings. The molecule has 0 amide bonds. The molecule has 3 nitrogen and oxygen atoms in total. The SMILES string of the molecule is C=CC(N)c1cccc(C(=O)O)c1. The predicted molar refractivity (Wildman–Crippen MR) is 50.5 cm³/mol. The molecule has 13 heavy (non-hydrogen) atoms. The van der Waals surface area contributed by atoms with Crippen LogP contribution in [0.25, 0.3) is 0 Å². The second-order valence-electron chi connectivity index (χ2n) is 2.69. The van der Waals surface area contributed by atoms with E-state index in [9.17, 15) is 4.79 Å². The molecule has 0 saturated carbocycles. The first kappa shape index (κ1) is 9.48. The number of carboxylic acids is 1. The molecule has 3 heteroatoms. The fourth-order valence-electron chi connectivity index (χ4n) is 1.02. The van der Waals surface area contributed by atoms with Gasteiger partial charge in [0.2, 0.25) is 0 Å². The normalized spacial score (nSPS) is 12.1. The third kappa shape index (κ3) is 2.16. The minimum absolute atomic E-state index is 0.245. The molecule has 0 spiro atoms. The maximum absolute atomic E-state index is 10.6. The van der Waals surface area contributed by atoms with Crippen molar-refractivity contribution in [2.45, 2.75) is 6.04 Å². The van der Waals surface area contributed by atoms with Crippen molar-refractivity contribution < 1.29 is 9.90 Å². The third-order valence-corrected chi connectivity index (χ3v) is 1.77. The number of carboxylic acid groups (broad SMARTS) is 1. The van der Waals surface area contributed by atoms with Gasteiger partial charge in [0.05, 0.1) is 5.56 Å². The van der Waals surface area contributed by atoms with E-state index >= 15 is 0 Å². The van der Waals surface area contributed by atoms with Crippen LogP contribution in [0.3, 0.4) is 0 Å². The summed E-state index contributed by atoms with van der Waals surface area (Å²) in [5.41, 5.74) is 6.66. The number of hydrogen-bond acceptors (Lipinski definition) is 2. The van der Waals surface area contributed by atoms with Crippen molar-refractivity contribution in [2.24, 2.45) is 5.73 Å². The molecular weight excluding hydrogens is 166 g/mol. The molecule has 1 rings (SSSR count). The van der Waals surface area contributed by atoms with Gasteiger partial charge in [0.15, 0.2) is 0 Å². The molecule has 3 N–H and O–H groups in total. The highest BCUT2D eigenvalue weighted by Crippen LogP contribution is 2.12. The summed E-state index contributed by atoms with van der Waals surface area (Å²) in [5.74, 6) is -0.946. The van der Waals surface area contributed by atoms with Gasteiger partial charge in [-0.25, -0.2) is 4.79 Å². The van der Waals surface area contributed by atoms with Crippen LogP contribution in [-0.4, -0.2) is 11.1 Å². The lowest BCUT2D eigenvalue weighted by Crippen LogP contribution is -2.07. The van der Waals surface area contributed by atoms with Crippen molar-refractivity contribution in [3.63, 3.8) is 0 Å². The molecule has 1 atom stereocenters. The van der Waals surface area contributed by atoms with E-state index in [1.807, 2.05) is 0 Å². The van der Waals surface area contributed by atoms with E-state index < -0.39 is 5.97 Å². The number of hydrogen-bond donors (Lipinski definition) is 2. The molecule has 0 radical (unpaired) electrons. The summed E-state index contributed by atoms with van der Waals surface area (Å²) in [6.07, 6.45) is 1.57. The van der Waals surface area contributed by atoms with Crippen LogP contribution in [-0.2, 0) is 0 Å². The smallest absolute Gasteiger partial charge is 0.335 e. The monoisotopic (exact) mass is 177 g/mol. The second kappa shape index (κ2) is 3.87. The average molecular weight is 177 g/mol. The van der Waals surface area contributed by atoms with Gasteiger partial charge in [0.1, 0.15) is 0 Å². The van der Waals surface area contributed by atoms with Crippen LogP contribution in [0.5, 0.6) is 0 Å². The fourth-order valence-corrected chi connectivity index (χ4v) is 1.02. The highest BCUT2D eigenvalue weighted by molar-refractivity contribution is 5.87. The Morgan fingerprint density at radius 1 is 1.62 bits per heavy atom. The minimum atomic E-state index is -0.946. The molecular formula is C10H11NO2. The predicted octanol–water partition coefficient (Wildman–Crippen LogP) is 1.57. The van der Waals surface area contributed by atoms with Gasteiger partial charge in [-0.2, -0.15) is 0 Å². The Bertz CT molecular complexity index is 333. The van der Waals surface area contributed by atoms with Gasteiger partial charge >= 0.3 is 5.97 Å². The van der Waals surface area contributed by atoms with Crippen molar-refractivity contribution in [3.05, 3.63) is 48.0 Å². The minimum Gasteiger partial charge on any atom is -0.478 e. The van der Waals surface area contributed by atoms with E-state index in [0.717, 1.165) is 5.56 Å². The van der Waals surface area contributed by atoms with Crippen LogP contribution in [0.2, 0.25) is 0 Å². The quantitative estimate of drug-likeness (QED) is 0.689. The zero-order valence-electron chi connectivity index (χ0n) is 7.10. The lowest BCUT2D eigenvalue weighted by molar-refractivity contribution is 0.0697. The van der Waals surface area contributed by atoms with Crippen LogP contribution in [0, 0.1) is 0 Å². The van der Waals surface area contributed by atoms with Gasteiger partial charge in [0, 0.05) is 6.04 Å². The van der Waals surface area contributed by atoms with E-state index in [2.05, 4.69) is 6.58 Å². The molecule has 0 aromatic heterocycles. The topological polar surface area (TPSA) is 63.3 Å². The first-order valence-electron chi connectivity index (χ1n) is 3.86. The van der Waals surface area contributed by atoms with Gasteiger partial charge in [-0.3, -0.25) is 0 Å². The lowest BCUT2D eigenvalue weighted by atomic mass is 10.0. The number of carbonyl (C=O) groups is 1. The van der Waals surface area contributed by atoms with E-state index in [1.165, 1.54) is 6.07 Å². The standard InChI is InChI=1S/C10H11NO2/c1-2-9(11)7-4-3-5-8(6-7)10(12)13/h2-6,9H,1,11H2,(H,12,13). The van der Waals surface area contributed by atoms with Crippen LogP contribution in [0.1, 0.15) is 22.0 Å². The summed E-state index contributed by atoms with van der Waals surface area (Å²) in [6, 6.07) is 6.22. The van der Waals surface area contributed by atoms with E-state index in [0.29, 0.717) is 0 Å². The number of benzene rings is 1. The summed E-state index contributed by atoms with van der Waals surface area (Å²) in [7, 11) is 0. The molecule has 0 aliphatic carbocycles. The third-order valence-electron chi connectivity index (χ3n) is 1.77. The van der Waals surface area contributed by atoms with Gasteiger partial charge in [-0.15, -0.1) is 6.58 Å². The molecule has 1 aromatic rings. The lowest BCUT2D eigenvalue weighted by Gasteiger charge is -2.06. The number of rotatable bonds is 3. The Hall–Kier alpha value is -1.61. The van der Waals surface area contributed by atoms with E-state index in [4.69, 9.17) is 10.8 Å². The highest BCUT2D eigenvalue weighted by atomic mass is 16.4. The van der Waals surface area contributed by atoms with Gasteiger partial charge in [-0.1, -0.05) is 18.2 Å². The summed E-state index contributed by atoms with van der Waals surface area (Å²) < 4.78 is 0. The van der Waals surface area contributed by atoms with Crippen LogP contribution in [0.4, 0.5) is 0 Å². The Kier molecular flexibility index (Phi) is 2.82. The molecule has 0 saturated heterocycles. The van der Waals surface area contributed by atoms with E-state index in [1.54, 1.807) is 24.3 Å². The number of nitrogens with two attached hydrogens (primary N) is 1. The van der Waals surface area contributed by atoms with Crippen molar-refractivity contribution in [1.82, 2.24) is 0 Å². The summed E-state index contributed by atoms with van der Waals surface area (Å²) in [6.45, 7) is 3.54. The maximum Gasteiger partial charge on any atom is 0.335 e. The Labute approximate surface area is 76.5 Å². The van der Waals surface area contributed by atoms with Crippen molar-refractivity contribution in [2.75, 3.05) is 0 Å². The fraction of sp³-hybridized carbons (Fsp3) is 0.100. The van der Waals surface area contributed by atoms with Gasteiger partial charge < -0.3 is 10.8 Å². The maximum atomic E-state index is 10.6. The average Bonchev–Trinajstić information content (AvgIpc) is 2.17. The largest absolute Gasteiger partial charge is 0.478 e. The van der Waals surface area contributed by atoms with Crippen molar-refractivity contribution in [1.29, 1.82) is 0 Å². The second-order valence-corrected chi connectivity index (χ2v) is 2.69. The molecule has 1 unspecified atom stereocenters. The van der Waals surface area contributed by atoms with Crippen LogP contribution in [0.15, 0.2) is 36.9 Å². The first-order valence-corrected chi connectivity index (χ1v) is 3.86. The molecule has 0 bridgehead atoms.